The standard InChI is InChI=1S/C27H30O11S/c1-29-11-34-23-22-18(16-10-17-20(37-14-33-17)21(32-4)19(16)27(28)38-22)26(39-15-8-6-5-7-9-15)25(36-13-31-3)24(23)35-12-30-2/h5-10,23-26H,11-14H2,1-4H3/t23-,24-,25+,26+/m0/s1. The summed E-state index contributed by atoms with van der Waals surface area (Å²) >= 11 is 1.53. The van der Waals surface area contributed by atoms with Gasteiger partial charge in [0.25, 0.3) is 0 Å². The molecular formula is C27H30O11S. The van der Waals surface area contributed by atoms with Gasteiger partial charge in [-0.05, 0) is 18.2 Å². The van der Waals surface area contributed by atoms with E-state index in [0.29, 0.717) is 22.4 Å². The molecule has 210 valence electrons. The molecule has 2 aliphatic rings. The molecule has 3 aromatic rings. The Bertz CT molecular complexity index is 1330. The molecule has 0 radical (unpaired) electrons. The van der Waals surface area contributed by atoms with E-state index in [4.69, 9.17) is 47.0 Å². The molecule has 0 saturated heterocycles. The Hall–Kier alpha value is -2.84. The van der Waals surface area contributed by atoms with Gasteiger partial charge in [0.15, 0.2) is 11.5 Å². The summed E-state index contributed by atoms with van der Waals surface area (Å²) in [4.78, 5) is 14.5. The van der Waals surface area contributed by atoms with Crippen molar-refractivity contribution >= 4 is 22.5 Å². The molecule has 12 heteroatoms. The van der Waals surface area contributed by atoms with Crippen LogP contribution >= 0.6 is 11.8 Å². The van der Waals surface area contributed by atoms with Gasteiger partial charge >= 0.3 is 5.63 Å². The summed E-state index contributed by atoms with van der Waals surface area (Å²) in [5.41, 5.74) is 0.0599. The van der Waals surface area contributed by atoms with Gasteiger partial charge in [-0.2, -0.15) is 0 Å². The Labute approximate surface area is 229 Å². The van der Waals surface area contributed by atoms with E-state index in [1.807, 2.05) is 30.3 Å². The van der Waals surface area contributed by atoms with Gasteiger partial charge < -0.3 is 47.0 Å². The molecule has 1 aromatic heterocycles. The third-order valence-corrected chi connectivity index (χ3v) is 7.68. The molecule has 11 nitrogen and oxygen atoms in total. The molecule has 1 aliphatic heterocycles. The Morgan fingerprint density at radius 3 is 2.28 bits per heavy atom. The number of rotatable bonds is 12. The zero-order valence-corrected chi connectivity index (χ0v) is 22.8. The van der Waals surface area contributed by atoms with Crippen LogP contribution in [0.2, 0.25) is 0 Å². The van der Waals surface area contributed by atoms with Gasteiger partial charge in [-0.15, -0.1) is 11.8 Å². The summed E-state index contributed by atoms with van der Waals surface area (Å²) in [7, 11) is 6.03. The van der Waals surface area contributed by atoms with Crippen LogP contribution in [-0.4, -0.2) is 67.8 Å². The highest BCUT2D eigenvalue weighted by Gasteiger charge is 2.49. The topological polar surface area (TPSA) is 113 Å². The molecule has 0 spiro atoms. The van der Waals surface area contributed by atoms with E-state index < -0.39 is 29.2 Å². The molecule has 4 atom stereocenters. The van der Waals surface area contributed by atoms with Crippen molar-refractivity contribution in [2.24, 2.45) is 0 Å². The molecule has 1 aliphatic carbocycles. The molecule has 0 amide bonds. The maximum absolute atomic E-state index is 13.5. The average molecular weight is 563 g/mol. The number of benzene rings is 2. The highest BCUT2D eigenvalue weighted by molar-refractivity contribution is 7.99. The number of thioether (sulfide) groups is 1. The largest absolute Gasteiger partial charge is 0.492 e. The lowest BCUT2D eigenvalue weighted by atomic mass is 9.86. The van der Waals surface area contributed by atoms with Crippen molar-refractivity contribution in [1.29, 1.82) is 0 Å². The minimum Gasteiger partial charge on any atom is -0.492 e. The molecule has 0 N–H and O–H groups in total. The Kier molecular flexibility index (Phi) is 8.92. The first-order valence-electron chi connectivity index (χ1n) is 12.1. The normalized spacial score (nSPS) is 21.7. The predicted molar refractivity (Wildman–Crippen MR) is 139 cm³/mol. The first-order valence-corrected chi connectivity index (χ1v) is 13.0. The second-order valence-electron chi connectivity index (χ2n) is 8.65. The van der Waals surface area contributed by atoms with Crippen molar-refractivity contribution in [3.63, 3.8) is 0 Å². The van der Waals surface area contributed by atoms with Crippen LogP contribution in [0.1, 0.15) is 22.7 Å². The molecular weight excluding hydrogens is 532 g/mol. The third-order valence-electron chi connectivity index (χ3n) is 6.38. The van der Waals surface area contributed by atoms with E-state index in [1.54, 1.807) is 13.2 Å². The van der Waals surface area contributed by atoms with Crippen LogP contribution in [0.15, 0.2) is 50.5 Å². The quantitative estimate of drug-likeness (QED) is 0.297. The molecule has 39 heavy (non-hydrogen) atoms. The van der Waals surface area contributed by atoms with E-state index in [2.05, 4.69) is 0 Å². The summed E-state index contributed by atoms with van der Waals surface area (Å²) in [5.74, 6) is 1.33. The van der Waals surface area contributed by atoms with E-state index >= 15 is 0 Å². The van der Waals surface area contributed by atoms with Crippen molar-refractivity contribution in [3.8, 4) is 17.2 Å². The maximum Gasteiger partial charge on any atom is 0.347 e. The van der Waals surface area contributed by atoms with Crippen molar-refractivity contribution in [2.45, 2.75) is 28.5 Å². The van der Waals surface area contributed by atoms with Gasteiger partial charge in [0.2, 0.25) is 12.5 Å². The molecule has 0 saturated carbocycles. The van der Waals surface area contributed by atoms with Crippen LogP contribution in [0.3, 0.4) is 0 Å². The number of hydrogen-bond acceptors (Lipinski definition) is 12. The lowest BCUT2D eigenvalue weighted by molar-refractivity contribution is -0.218. The van der Waals surface area contributed by atoms with E-state index in [-0.39, 0.29) is 44.1 Å². The summed E-state index contributed by atoms with van der Waals surface area (Å²) < 4.78 is 57.2. The Morgan fingerprint density at radius 1 is 0.897 bits per heavy atom. The molecule has 0 fully saturated rings. The van der Waals surface area contributed by atoms with Crippen LogP contribution in [0.25, 0.3) is 10.8 Å². The number of fused-ring (bicyclic) bond motifs is 4. The molecule has 0 unspecified atom stereocenters. The monoisotopic (exact) mass is 562 g/mol. The maximum atomic E-state index is 13.5. The Balaban J connectivity index is 1.80. The van der Waals surface area contributed by atoms with Crippen LogP contribution in [-0.2, 0) is 28.4 Å². The van der Waals surface area contributed by atoms with Gasteiger partial charge in [0.1, 0.15) is 49.8 Å². The zero-order chi connectivity index (χ0) is 27.4. The van der Waals surface area contributed by atoms with Crippen molar-refractivity contribution < 1.29 is 47.0 Å². The Morgan fingerprint density at radius 2 is 1.59 bits per heavy atom. The first kappa shape index (κ1) is 27.7. The SMILES string of the molecule is COCO[C@@H]1[C@@H](OCOC)[C@@H](OCOC)c2oc(=O)c3c(OC)c4c(cc3c2[C@H]1Sc1ccccc1)OCO4. The van der Waals surface area contributed by atoms with Gasteiger partial charge in [-0.3, -0.25) is 0 Å². The summed E-state index contributed by atoms with van der Waals surface area (Å²) in [6, 6.07) is 11.6. The van der Waals surface area contributed by atoms with Crippen LogP contribution in [0.4, 0.5) is 0 Å². The van der Waals surface area contributed by atoms with Crippen LogP contribution in [0, 0.1) is 0 Å². The zero-order valence-electron chi connectivity index (χ0n) is 22.0. The minimum atomic E-state index is -0.877. The second-order valence-corrected chi connectivity index (χ2v) is 9.87. The number of hydrogen-bond donors (Lipinski definition) is 0. The molecule has 2 heterocycles. The number of methoxy groups -OCH3 is 4. The highest BCUT2D eigenvalue weighted by Crippen LogP contribution is 2.54. The van der Waals surface area contributed by atoms with Crippen LogP contribution < -0.4 is 19.8 Å². The van der Waals surface area contributed by atoms with Crippen molar-refractivity contribution in [3.05, 3.63) is 58.1 Å². The lowest BCUT2D eigenvalue weighted by Gasteiger charge is -2.42. The summed E-state index contributed by atoms with van der Waals surface area (Å²) in [6.45, 7) is -0.146. The minimum absolute atomic E-state index is 0.00378. The van der Waals surface area contributed by atoms with E-state index in [1.165, 1.54) is 33.1 Å². The summed E-state index contributed by atoms with van der Waals surface area (Å²) in [5, 5.41) is 0.350. The van der Waals surface area contributed by atoms with Gasteiger partial charge in [0, 0.05) is 37.2 Å². The fourth-order valence-electron chi connectivity index (χ4n) is 4.86. The molecule has 0 bridgehead atoms. The highest BCUT2D eigenvalue weighted by atomic mass is 32.2. The van der Waals surface area contributed by atoms with Gasteiger partial charge in [0.05, 0.1) is 12.4 Å². The second kappa shape index (κ2) is 12.6. The number of ether oxygens (including phenoxy) is 9. The smallest absolute Gasteiger partial charge is 0.347 e. The molecule has 5 rings (SSSR count). The molecule has 2 aromatic carbocycles. The van der Waals surface area contributed by atoms with Crippen LogP contribution in [0.5, 0.6) is 17.2 Å². The average Bonchev–Trinajstić information content (AvgIpc) is 3.43. The van der Waals surface area contributed by atoms with Gasteiger partial charge in [-0.25, -0.2) is 4.79 Å². The first-order chi connectivity index (χ1) is 19.1. The third kappa shape index (κ3) is 5.33. The fraction of sp³-hybridized carbons (Fsp3) is 0.444. The van der Waals surface area contributed by atoms with E-state index in [9.17, 15) is 4.79 Å². The lowest BCUT2D eigenvalue weighted by Crippen LogP contribution is -2.46. The fourth-order valence-corrected chi connectivity index (χ4v) is 6.20. The van der Waals surface area contributed by atoms with E-state index in [0.717, 1.165) is 4.90 Å². The van der Waals surface area contributed by atoms with Crippen molar-refractivity contribution in [2.75, 3.05) is 55.6 Å². The predicted octanol–water partition coefficient (Wildman–Crippen LogP) is 4.02. The van der Waals surface area contributed by atoms with Crippen molar-refractivity contribution in [1.82, 2.24) is 0 Å². The summed E-state index contributed by atoms with van der Waals surface area (Å²) in [6.07, 6.45) is -2.26. The van der Waals surface area contributed by atoms with Gasteiger partial charge in [-0.1, -0.05) is 18.2 Å².